The molecule has 0 amide bonds. The van der Waals surface area contributed by atoms with Gasteiger partial charge in [0.2, 0.25) is 0 Å². The van der Waals surface area contributed by atoms with Gasteiger partial charge in [-0.3, -0.25) is 0 Å². The Hall–Kier alpha value is 0.710. The van der Waals surface area contributed by atoms with E-state index in [0.29, 0.717) is 0 Å². The quantitative estimate of drug-likeness (QED) is 0.633. The largest absolute Gasteiger partial charge is 0.395 e. The van der Waals surface area contributed by atoms with Crippen LogP contribution in [0.4, 0.5) is 0 Å². The number of benzene rings is 1. The van der Waals surface area contributed by atoms with E-state index < -0.39 is 0 Å². The van der Waals surface area contributed by atoms with Gasteiger partial charge in [-0.2, -0.15) is 0 Å². The molecule has 0 aliphatic heterocycles. The Bertz CT molecular complexity index is 253. The maximum absolute atomic E-state index is 8.56. The third-order valence-corrected chi connectivity index (χ3v) is 6.09. The summed E-state index contributed by atoms with van der Waals surface area (Å²) in [5.41, 5.74) is 1.33. The average Bonchev–Trinajstić information content (AvgIpc) is 2.21. The molecule has 0 fully saturated rings. The number of aliphatic hydroxyl groups excluding tert-OH is 1. The van der Waals surface area contributed by atoms with Crippen molar-refractivity contribution in [3.8, 4) is 0 Å². The van der Waals surface area contributed by atoms with Gasteiger partial charge in [-0.05, 0) is 27.5 Å². The zero-order valence-corrected chi connectivity index (χ0v) is 11.5. The van der Waals surface area contributed by atoms with E-state index in [1.165, 1.54) is 5.56 Å². The van der Waals surface area contributed by atoms with E-state index in [-0.39, 0.29) is 6.61 Å². The fourth-order valence-electron chi connectivity index (χ4n) is 0.778. The van der Waals surface area contributed by atoms with Crippen LogP contribution in [0.25, 0.3) is 0 Å². The molecule has 0 spiro atoms. The molecule has 0 saturated heterocycles. The highest BCUT2D eigenvalue weighted by Gasteiger charge is 1.94. The standard InChI is InChI=1S/C9H11BrOS3/c10-9-3-1-8(2-4-9)7-13-14-12-6-5-11/h1-4,11H,5-7H2. The van der Waals surface area contributed by atoms with E-state index in [1.54, 1.807) is 31.4 Å². The summed E-state index contributed by atoms with van der Waals surface area (Å²) in [4.78, 5) is 0. The van der Waals surface area contributed by atoms with E-state index in [0.717, 1.165) is 16.0 Å². The number of rotatable bonds is 6. The normalized spacial score (nSPS) is 10.4. The van der Waals surface area contributed by atoms with Crippen LogP contribution in [0.1, 0.15) is 5.56 Å². The first-order chi connectivity index (χ1) is 6.83. The molecule has 1 aromatic rings. The molecule has 5 heteroatoms. The van der Waals surface area contributed by atoms with Crippen molar-refractivity contribution in [2.24, 2.45) is 0 Å². The van der Waals surface area contributed by atoms with Crippen molar-refractivity contribution >= 4 is 47.3 Å². The Balaban J connectivity index is 2.15. The molecule has 0 radical (unpaired) electrons. The van der Waals surface area contributed by atoms with Crippen molar-refractivity contribution in [2.75, 3.05) is 12.4 Å². The lowest BCUT2D eigenvalue weighted by Crippen LogP contribution is -1.81. The van der Waals surface area contributed by atoms with Gasteiger partial charge in [0.05, 0.1) is 6.61 Å². The summed E-state index contributed by atoms with van der Waals surface area (Å²) in [5.74, 6) is 1.81. The lowest BCUT2D eigenvalue weighted by Gasteiger charge is -2.00. The topological polar surface area (TPSA) is 20.2 Å². The van der Waals surface area contributed by atoms with E-state index in [9.17, 15) is 0 Å². The molecule has 0 aliphatic rings. The summed E-state index contributed by atoms with van der Waals surface area (Å²) in [5, 5.41) is 8.56. The average molecular weight is 311 g/mol. The first-order valence-corrected chi connectivity index (χ1v) is 8.71. The van der Waals surface area contributed by atoms with E-state index in [4.69, 9.17) is 5.11 Å². The van der Waals surface area contributed by atoms with Gasteiger partial charge in [-0.15, -0.1) is 0 Å². The fraction of sp³-hybridized carbons (Fsp3) is 0.333. The van der Waals surface area contributed by atoms with Crippen LogP contribution in [0.3, 0.4) is 0 Å². The Morgan fingerprint density at radius 2 is 1.86 bits per heavy atom. The van der Waals surface area contributed by atoms with Gasteiger partial charge in [0.25, 0.3) is 0 Å². The lowest BCUT2D eigenvalue weighted by molar-refractivity contribution is 0.323. The number of hydrogen-bond acceptors (Lipinski definition) is 4. The first-order valence-electron chi connectivity index (χ1n) is 4.09. The minimum Gasteiger partial charge on any atom is -0.395 e. The van der Waals surface area contributed by atoms with Crippen LogP contribution < -0.4 is 0 Å². The second kappa shape index (κ2) is 7.93. The molecule has 1 nitrogen and oxygen atoms in total. The Labute approximate surface area is 104 Å². The van der Waals surface area contributed by atoms with Gasteiger partial charge >= 0.3 is 0 Å². The van der Waals surface area contributed by atoms with E-state index in [2.05, 4.69) is 40.2 Å². The highest BCUT2D eigenvalue weighted by molar-refractivity contribution is 9.10. The van der Waals surface area contributed by atoms with Gasteiger partial charge in [-0.25, -0.2) is 0 Å². The Kier molecular flexibility index (Phi) is 7.24. The third-order valence-electron chi connectivity index (χ3n) is 1.41. The molecule has 1 aromatic carbocycles. The van der Waals surface area contributed by atoms with E-state index >= 15 is 0 Å². The number of halogens is 1. The molecule has 1 N–H and O–H groups in total. The molecule has 0 saturated carbocycles. The third kappa shape index (κ3) is 5.56. The molecule has 0 bridgehead atoms. The maximum atomic E-state index is 8.56. The van der Waals surface area contributed by atoms with Crippen LogP contribution in [-0.4, -0.2) is 17.5 Å². The summed E-state index contributed by atoms with van der Waals surface area (Å²) in [7, 11) is 5.24. The van der Waals surface area contributed by atoms with Crippen molar-refractivity contribution in [3.05, 3.63) is 34.3 Å². The van der Waals surface area contributed by atoms with Crippen molar-refractivity contribution in [3.63, 3.8) is 0 Å². The minimum atomic E-state index is 0.260. The van der Waals surface area contributed by atoms with Crippen molar-refractivity contribution < 1.29 is 5.11 Å². The molecule has 0 heterocycles. The van der Waals surface area contributed by atoms with Crippen LogP contribution in [0, 0.1) is 0 Å². The predicted molar refractivity (Wildman–Crippen MR) is 72.6 cm³/mol. The zero-order chi connectivity index (χ0) is 10.2. The molecular formula is C9H11BrOS3. The van der Waals surface area contributed by atoms with Crippen LogP contribution >= 0.6 is 47.3 Å². The van der Waals surface area contributed by atoms with Crippen molar-refractivity contribution in [1.82, 2.24) is 0 Å². The number of aliphatic hydroxyl groups is 1. The molecule has 0 aliphatic carbocycles. The summed E-state index contributed by atoms with van der Waals surface area (Å²) in [6.07, 6.45) is 0. The van der Waals surface area contributed by atoms with Crippen molar-refractivity contribution in [1.29, 1.82) is 0 Å². The second-order valence-electron chi connectivity index (χ2n) is 2.50. The molecule has 0 unspecified atom stereocenters. The maximum Gasteiger partial charge on any atom is 0.0530 e. The van der Waals surface area contributed by atoms with Gasteiger partial charge in [-0.1, -0.05) is 49.7 Å². The van der Waals surface area contributed by atoms with Crippen LogP contribution in [0.15, 0.2) is 28.7 Å². The summed E-state index contributed by atoms with van der Waals surface area (Å²) in [6.45, 7) is 0.260. The minimum absolute atomic E-state index is 0.260. The molecule has 78 valence electrons. The van der Waals surface area contributed by atoms with Crippen LogP contribution in [0.2, 0.25) is 0 Å². The SMILES string of the molecule is OCCSSSCc1ccc(Br)cc1. The van der Waals surface area contributed by atoms with E-state index in [1.807, 2.05) is 0 Å². The lowest BCUT2D eigenvalue weighted by atomic mass is 10.2. The second-order valence-corrected chi connectivity index (χ2v) is 7.77. The highest BCUT2D eigenvalue weighted by atomic mass is 79.9. The molecule has 0 aromatic heterocycles. The zero-order valence-electron chi connectivity index (χ0n) is 7.48. The van der Waals surface area contributed by atoms with Crippen LogP contribution in [-0.2, 0) is 5.75 Å². The molecule has 1 rings (SSSR count). The van der Waals surface area contributed by atoms with Crippen molar-refractivity contribution in [2.45, 2.75) is 5.75 Å². The molecule has 14 heavy (non-hydrogen) atoms. The first kappa shape index (κ1) is 12.8. The fourth-order valence-corrected chi connectivity index (χ4v) is 4.47. The number of hydrogen-bond donors (Lipinski definition) is 1. The molecule has 0 atom stereocenters. The monoisotopic (exact) mass is 310 g/mol. The smallest absolute Gasteiger partial charge is 0.0530 e. The van der Waals surface area contributed by atoms with Gasteiger partial charge in [0, 0.05) is 16.0 Å². The van der Waals surface area contributed by atoms with Gasteiger partial charge in [0.1, 0.15) is 0 Å². The summed E-state index contributed by atoms with van der Waals surface area (Å²) in [6, 6.07) is 8.35. The predicted octanol–water partition coefficient (Wildman–Crippen LogP) is 3.97. The summed E-state index contributed by atoms with van der Waals surface area (Å²) < 4.78 is 1.12. The van der Waals surface area contributed by atoms with Gasteiger partial charge < -0.3 is 5.11 Å². The van der Waals surface area contributed by atoms with Gasteiger partial charge in [0.15, 0.2) is 0 Å². The summed E-state index contributed by atoms with van der Waals surface area (Å²) >= 11 is 3.40. The Morgan fingerprint density at radius 1 is 1.14 bits per heavy atom. The highest BCUT2D eigenvalue weighted by Crippen LogP contribution is 2.36. The van der Waals surface area contributed by atoms with Crippen LogP contribution in [0.5, 0.6) is 0 Å². The Morgan fingerprint density at radius 3 is 2.50 bits per heavy atom. The molecular weight excluding hydrogens is 300 g/mol.